The number of carboxylic acid groups (broad SMARTS) is 1. The molecule has 21 heavy (non-hydrogen) atoms. The molecule has 1 saturated heterocycles. The van der Waals surface area contributed by atoms with E-state index in [9.17, 15) is 14.7 Å². The molecule has 1 aliphatic heterocycles. The van der Waals surface area contributed by atoms with Crippen LogP contribution in [0.15, 0.2) is 24.3 Å². The third-order valence-corrected chi connectivity index (χ3v) is 5.25. The average Bonchev–Trinajstić information content (AvgIpc) is 2.99. The van der Waals surface area contributed by atoms with Gasteiger partial charge in [0.05, 0.1) is 11.8 Å². The van der Waals surface area contributed by atoms with E-state index in [0.29, 0.717) is 25.9 Å². The number of benzene rings is 1. The Hall–Kier alpha value is -1.84. The van der Waals surface area contributed by atoms with Crippen molar-refractivity contribution in [2.45, 2.75) is 32.6 Å². The highest BCUT2D eigenvalue weighted by atomic mass is 16.4. The molecular weight excluding hydrogens is 266 g/mol. The number of carboxylic acids is 1. The number of aryl methyl sites for hydroxylation is 1. The molecule has 1 aliphatic carbocycles. The Labute approximate surface area is 124 Å². The molecule has 0 radical (unpaired) electrons. The minimum Gasteiger partial charge on any atom is -0.481 e. The predicted molar refractivity (Wildman–Crippen MR) is 78.9 cm³/mol. The number of hydrogen-bond acceptors (Lipinski definition) is 2. The van der Waals surface area contributed by atoms with Gasteiger partial charge in [-0.2, -0.15) is 0 Å². The molecule has 0 unspecified atom stereocenters. The maximum Gasteiger partial charge on any atom is 0.311 e. The molecule has 1 heterocycles. The summed E-state index contributed by atoms with van der Waals surface area (Å²) in [6.07, 6.45) is 2.98. The number of carbonyl (C=O) groups excluding carboxylic acids is 1. The van der Waals surface area contributed by atoms with Gasteiger partial charge in [0, 0.05) is 13.1 Å². The van der Waals surface area contributed by atoms with Crippen molar-refractivity contribution >= 4 is 11.9 Å². The SMILES string of the molecule is Cc1ccccc1CC(=O)N1C[C@@H]2CCC[C@@]2(C(=O)O)C1. The Kier molecular flexibility index (Phi) is 3.47. The van der Waals surface area contributed by atoms with Crippen LogP contribution >= 0.6 is 0 Å². The molecule has 112 valence electrons. The van der Waals surface area contributed by atoms with Gasteiger partial charge in [-0.3, -0.25) is 9.59 Å². The average molecular weight is 287 g/mol. The topological polar surface area (TPSA) is 57.6 Å². The number of likely N-dealkylation sites (tertiary alicyclic amines) is 1. The lowest BCUT2D eigenvalue weighted by Crippen LogP contribution is -2.37. The first-order valence-electron chi connectivity index (χ1n) is 7.58. The van der Waals surface area contributed by atoms with Crippen molar-refractivity contribution in [2.75, 3.05) is 13.1 Å². The van der Waals surface area contributed by atoms with Crippen LogP contribution in [0.1, 0.15) is 30.4 Å². The number of amides is 1. The monoisotopic (exact) mass is 287 g/mol. The van der Waals surface area contributed by atoms with Gasteiger partial charge in [0.2, 0.25) is 5.91 Å². The number of carbonyl (C=O) groups is 2. The fourth-order valence-electron chi connectivity index (χ4n) is 3.91. The summed E-state index contributed by atoms with van der Waals surface area (Å²) in [5.41, 5.74) is 1.46. The zero-order chi connectivity index (χ0) is 15.0. The molecule has 1 aromatic carbocycles. The summed E-state index contributed by atoms with van der Waals surface area (Å²) in [6.45, 7) is 2.99. The first-order valence-corrected chi connectivity index (χ1v) is 7.58. The molecule has 4 heteroatoms. The molecular formula is C17H21NO3. The summed E-state index contributed by atoms with van der Waals surface area (Å²) in [7, 11) is 0. The Morgan fingerprint density at radius 1 is 1.38 bits per heavy atom. The second-order valence-corrected chi connectivity index (χ2v) is 6.43. The number of fused-ring (bicyclic) bond motifs is 1. The maximum absolute atomic E-state index is 12.5. The zero-order valence-electron chi connectivity index (χ0n) is 12.3. The molecule has 3 rings (SSSR count). The molecule has 2 fully saturated rings. The van der Waals surface area contributed by atoms with Crippen LogP contribution in [0, 0.1) is 18.3 Å². The van der Waals surface area contributed by atoms with Crippen LogP contribution in [-0.4, -0.2) is 35.0 Å². The van der Waals surface area contributed by atoms with E-state index in [2.05, 4.69) is 0 Å². The lowest BCUT2D eigenvalue weighted by molar-refractivity contribution is -0.149. The summed E-state index contributed by atoms with van der Waals surface area (Å²) in [5.74, 6) is -0.536. The predicted octanol–water partition coefficient (Wildman–Crippen LogP) is 2.25. The van der Waals surface area contributed by atoms with E-state index < -0.39 is 11.4 Å². The van der Waals surface area contributed by atoms with Gasteiger partial charge in [0.1, 0.15) is 0 Å². The second-order valence-electron chi connectivity index (χ2n) is 6.43. The van der Waals surface area contributed by atoms with E-state index in [1.807, 2.05) is 31.2 Å². The molecule has 4 nitrogen and oxygen atoms in total. The third-order valence-electron chi connectivity index (χ3n) is 5.25. The Morgan fingerprint density at radius 3 is 2.81 bits per heavy atom. The van der Waals surface area contributed by atoms with Crippen LogP contribution in [0.3, 0.4) is 0 Å². The lowest BCUT2D eigenvalue weighted by Gasteiger charge is -2.23. The lowest BCUT2D eigenvalue weighted by atomic mass is 9.81. The Morgan fingerprint density at radius 2 is 2.14 bits per heavy atom. The highest BCUT2D eigenvalue weighted by molar-refractivity contribution is 5.83. The summed E-state index contributed by atoms with van der Waals surface area (Å²) >= 11 is 0. The van der Waals surface area contributed by atoms with Gasteiger partial charge in [-0.1, -0.05) is 30.7 Å². The van der Waals surface area contributed by atoms with Crippen LogP contribution in [0.4, 0.5) is 0 Å². The van der Waals surface area contributed by atoms with E-state index in [0.717, 1.165) is 24.0 Å². The van der Waals surface area contributed by atoms with Crippen molar-refractivity contribution in [3.63, 3.8) is 0 Å². The zero-order valence-corrected chi connectivity index (χ0v) is 12.3. The molecule has 1 saturated carbocycles. The van der Waals surface area contributed by atoms with Gasteiger partial charge in [-0.05, 0) is 36.8 Å². The van der Waals surface area contributed by atoms with E-state index in [4.69, 9.17) is 0 Å². The van der Waals surface area contributed by atoms with Crippen LogP contribution < -0.4 is 0 Å². The molecule has 2 aliphatic rings. The van der Waals surface area contributed by atoms with E-state index in [-0.39, 0.29) is 11.8 Å². The Balaban J connectivity index is 1.73. The first-order chi connectivity index (χ1) is 10.0. The van der Waals surface area contributed by atoms with Gasteiger partial charge >= 0.3 is 5.97 Å². The minimum absolute atomic E-state index is 0.0549. The summed E-state index contributed by atoms with van der Waals surface area (Å²) in [6, 6.07) is 7.87. The second kappa shape index (κ2) is 5.17. The van der Waals surface area contributed by atoms with Gasteiger partial charge in [0.25, 0.3) is 0 Å². The van der Waals surface area contributed by atoms with Gasteiger partial charge in [-0.15, -0.1) is 0 Å². The summed E-state index contributed by atoms with van der Waals surface area (Å²) in [4.78, 5) is 25.9. The van der Waals surface area contributed by atoms with Gasteiger partial charge in [0.15, 0.2) is 0 Å². The molecule has 1 aromatic rings. The summed E-state index contributed by atoms with van der Waals surface area (Å²) < 4.78 is 0. The van der Waals surface area contributed by atoms with Gasteiger partial charge in [-0.25, -0.2) is 0 Å². The first kappa shape index (κ1) is 14.1. The van der Waals surface area contributed by atoms with Crippen molar-refractivity contribution < 1.29 is 14.7 Å². The molecule has 1 N–H and O–H groups in total. The van der Waals surface area contributed by atoms with Gasteiger partial charge < -0.3 is 10.0 Å². The number of nitrogens with zero attached hydrogens (tertiary/aromatic N) is 1. The maximum atomic E-state index is 12.5. The van der Waals surface area contributed by atoms with Crippen LogP contribution in [0.5, 0.6) is 0 Å². The van der Waals surface area contributed by atoms with Crippen LogP contribution in [-0.2, 0) is 16.0 Å². The molecule has 2 atom stereocenters. The quantitative estimate of drug-likeness (QED) is 0.927. The van der Waals surface area contributed by atoms with Crippen molar-refractivity contribution in [3.05, 3.63) is 35.4 Å². The molecule has 0 aromatic heterocycles. The van der Waals surface area contributed by atoms with Crippen molar-refractivity contribution in [2.24, 2.45) is 11.3 Å². The smallest absolute Gasteiger partial charge is 0.311 e. The van der Waals surface area contributed by atoms with Crippen molar-refractivity contribution in [1.82, 2.24) is 4.90 Å². The fraction of sp³-hybridized carbons (Fsp3) is 0.529. The van der Waals surface area contributed by atoms with E-state index in [1.54, 1.807) is 4.90 Å². The number of hydrogen-bond donors (Lipinski definition) is 1. The third kappa shape index (κ3) is 2.33. The molecule has 0 bridgehead atoms. The highest BCUT2D eigenvalue weighted by Gasteiger charge is 2.55. The fourth-order valence-corrected chi connectivity index (χ4v) is 3.91. The Bertz CT molecular complexity index is 583. The largest absolute Gasteiger partial charge is 0.481 e. The minimum atomic E-state index is -0.726. The van der Waals surface area contributed by atoms with Crippen LogP contribution in [0.2, 0.25) is 0 Å². The number of rotatable bonds is 3. The van der Waals surface area contributed by atoms with Crippen molar-refractivity contribution in [1.29, 1.82) is 0 Å². The van der Waals surface area contributed by atoms with Crippen LogP contribution in [0.25, 0.3) is 0 Å². The van der Waals surface area contributed by atoms with Crippen molar-refractivity contribution in [3.8, 4) is 0 Å². The molecule has 1 amide bonds. The molecule has 0 spiro atoms. The van der Waals surface area contributed by atoms with E-state index >= 15 is 0 Å². The highest BCUT2D eigenvalue weighted by Crippen LogP contribution is 2.48. The standard InChI is InChI=1S/C17H21NO3/c1-12-5-2-3-6-13(12)9-15(19)18-10-14-7-4-8-17(14,11-18)16(20)21/h2-3,5-6,14H,4,7-11H2,1H3,(H,20,21)/t14-,17+/m0/s1. The summed E-state index contributed by atoms with van der Waals surface area (Å²) in [5, 5.41) is 9.57. The number of aliphatic carboxylic acids is 1. The van der Waals surface area contributed by atoms with E-state index in [1.165, 1.54) is 0 Å². The normalized spacial score (nSPS) is 27.7.